The van der Waals surface area contributed by atoms with Gasteiger partial charge in [-0.1, -0.05) is 139 Å². The Morgan fingerprint density at radius 1 is 0.574 bits per heavy atom. The van der Waals surface area contributed by atoms with Gasteiger partial charge in [-0.05, 0) is 115 Å². The summed E-state index contributed by atoms with van der Waals surface area (Å²) in [5, 5.41) is 2.60. The molecule has 0 bridgehead atoms. The molecular weight excluding hydrogens is 653 g/mol. The molecule has 0 N–H and O–H groups in total. The number of allylic oxidation sites excluding steroid dienone is 11. The molecule has 3 atom stereocenters. The first-order chi connectivity index (χ1) is 26.8. The third-order valence-corrected chi connectivity index (χ3v) is 12.3. The molecule has 6 aromatic rings. The van der Waals surface area contributed by atoms with Crippen molar-refractivity contribution in [1.29, 1.82) is 0 Å². The molecule has 0 saturated carbocycles. The van der Waals surface area contributed by atoms with Gasteiger partial charge in [-0.3, -0.25) is 0 Å². The minimum Gasteiger partial charge on any atom is -0.338 e. The Bertz CT molecular complexity index is 2460. The number of fused-ring (bicyclic) bond motifs is 3. The topological polar surface area (TPSA) is 8.17 Å². The van der Waals surface area contributed by atoms with Gasteiger partial charge < -0.3 is 9.47 Å². The zero-order valence-electron chi connectivity index (χ0n) is 30.8. The number of hydrogen-bond acceptors (Lipinski definition) is 1. The van der Waals surface area contributed by atoms with E-state index in [0.29, 0.717) is 17.9 Å². The zero-order valence-corrected chi connectivity index (χ0v) is 30.8. The van der Waals surface area contributed by atoms with Crippen LogP contribution in [0.15, 0.2) is 198 Å². The number of aromatic nitrogens is 1. The molecule has 1 aromatic heterocycles. The monoisotopic (exact) mass is 698 g/mol. The molecule has 0 aliphatic heterocycles. The van der Waals surface area contributed by atoms with Crippen LogP contribution in [0.2, 0.25) is 0 Å². The Labute approximate surface area is 319 Å². The maximum Gasteiger partial charge on any atom is 0.0541 e. The van der Waals surface area contributed by atoms with E-state index in [9.17, 15) is 0 Å². The Morgan fingerprint density at radius 3 is 2.00 bits per heavy atom. The quantitative estimate of drug-likeness (QED) is 0.151. The Hall–Kier alpha value is -5.86. The largest absolute Gasteiger partial charge is 0.338 e. The molecule has 54 heavy (non-hydrogen) atoms. The van der Waals surface area contributed by atoms with Crippen molar-refractivity contribution in [1.82, 2.24) is 4.57 Å². The SMILES string of the molecule is C1=CC2=C(C=CCC2C2=CC=C(N(c3ccc(-c4ccccc4)cc3)C3C=CC(c4ccc(-n5c6ccccc6c6ccccc65)cc4)CC3)CC2)CC1. The highest BCUT2D eigenvalue weighted by Gasteiger charge is 2.29. The highest BCUT2D eigenvalue weighted by molar-refractivity contribution is 6.09. The van der Waals surface area contributed by atoms with E-state index in [2.05, 4.69) is 185 Å². The fourth-order valence-electron chi connectivity index (χ4n) is 9.56. The molecule has 2 heteroatoms. The molecule has 0 radical (unpaired) electrons. The highest BCUT2D eigenvalue weighted by atomic mass is 15.2. The summed E-state index contributed by atoms with van der Waals surface area (Å²) in [5.74, 6) is 0.933. The van der Waals surface area contributed by atoms with Gasteiger partial charge in [0.15, 0.2) is 0 Å². The van der Waals surface area contributed by atoms with Crippen molar-refractivity contribution in [2.24, 2.45) is 5.92 Å². The van der Waals surface area contributed by atoms with E-state index >= 15 is 0 Å². The molecule has 0 amide bonds. The second-order valence-electron chi connectivity index (χ2n) is 15.4. The third kappa shape index (κ3) is 6.00. The fourth-order valence-corrected chi connectivity index (χ4v) is 9.56. The minimum atomic E-state index is 0.315. The van der Waals surface area contributed by atoms with E-state index in [1.165, 1.54) is 68.4 Å². The van der Waals surface area contributed by atoms with Crippen molar-refractivity contribution in [2.75, 3.05) is 4.90 Å². The van der Waals surface area contributed by atoms with Crippen LogP contribution in [-0.4, -0.2) is 10.6 Å². The molecule has 0 fully saturated rings. The lowest BCUT2D eigenvalue weighted by atomic mass is 9.76. The standard InChI is InChI=1S/C52H46N2/c1-2-11-37(12-3-1)38-21-29-43(30-22-38)53(45-35-27-42(28-36-45)48-18-10-14-41-13-4-5-15-47(41)48)44-31-23-39(24-32-44)40-25-33-46(34-26-40)54-51-19-8-6-16-49(51)50-17-7-9-20-52(50)54/h1-3,5-12,14-17,19-23,25-27,29-31,33-35,39,44,48H,4,13,18,24,28,32,36H2. The van der Waals surface area contributed by atoms with Gasteiger partial charge >= 0.3 is 0 Å². The summed E-state index contributed by atoms with van der Waals surface area (Å²) in [4.78, 5) is 2.64. The van der Waals surface area contributed by atoms with E-state index < -0.39 is 0 Å². The fraction of sp³-hybridized carbons (Fsp3) is 0.192. The summed E-state index contributed by atoms with van der Waals surface area (Å²) in [5.41, 5.74) is 15.0. The van der Waals surface area contributed by atoms with E-state index in [4.69, 9.17) is 0 Å². The minimum absolute atomic E-state index is 0.315. The summed E-state index contributed by atoms with van der Waals surface area (Å²) < 4.78 is 2.41. The van der Waals surface area contributed by atoms with Crippen molar-refractivity contribution in [2.45, 2.75) is 56.9 Å². The summed E-state index contributed by atoms with van der Waals surface area (Å²) in [6.45, 7) is 0. The summed E-state index contributed by atoms with van der Waals surface area (Å²) in [6, 6.07) is 47.2. The Morgan fingerprint density at radius 2 is 1.30 bits per heavy atom. The van der Waals surface area contributed by atoms with Crippen LogP contribution in [0.4, 0.5) is 5.69 Å². The molecule has 264 valence electrons. The van der Waals surface area contributed by atoms with Crippen molar-refractivity contribution >= 4 is 27.5 Å². The third-order valence-electron chi connectivity index (χ3n) is 12.3. The molecule has 2 nitrogen and oxygen atoms in total. The summed E-state index contributed by atoms with van der Waals surface area (Å²) in [6.07, 6.45) is 27.4. The van der Waals surface area contributed by atoms with Gasteiger partial charge in [0.25, 0.3) is 0 Å². The maximum atomic E-state index is 2.64. The molecule has 4 aliphatic carbocycles. The van der Waals surface area contributed by atoms with Gasteiger partial charge in [-0.15, -0.1) is 0 Å². The lowest BCUT2D eigenvalue weighted by molar-refractivity contribution is 0.565. The second kappa shape index (κ2) is 14.2. The predicted molar refractivity (Wildman–Crippen MR) is 228 cm³/mol. The van der Waals surface area contributed by atoms with E-state index in [0.717, 1.165) is 32.1 Å². The smallest absolute Gasteiger partial charge is 0.0541 e. The van der Waals surface area contributed by atoms with Crippen LogP contribution in [0.25, 0.3) is 38.6 Å². The lowest BCUT2D eigenvalue weighted by Crippen LogP contribution is -2.35. The number of rotatable bonds is 7. The predicted octanol–water partition coefficient (Wildman–Crippen LogP) is 13.6. The first-order valence-corrected chi connectivity index (χ1v) is 20.0. The average Bonchev–Trinajstić information content (AvgIpc) is 3.59. The highest BCUT2D eigenvalue weighted by Crippen LogP contribution is 2.42. The van der Waals surface area contributed by atoms with Crippen LogP contribution in [0.5, 0.6) is 0 Å². The number of anilines is 1. The molecule has 3 unspecified atom stereocenters. The Kier molecular flexibility index (Phi) is 8.60. The van der Waals surface area contributed by atoms with Crippen LogP contribution in [0, 0.1) is 5.92 Å². The maximum absolute atomic E-state index is 2.64. The van der Waals surface area contributed by atoms with Gasteiger partial charge in [0, 0.05) is 39.7 Å². The lowest BCUT2D eigenvalue weighted by Gasteiger charge is -2.38. The normalized spacial score (nSPS) is 20.9. The molecule has 5 aromatic carbocycles. The number of benzene rings is 5. The van der Waals surface area contributed by atoms with Crippen molar-refractivity contribution < 1.29 is 0 Å². The van der Waals surface area contributed by atoms with Crippen LogP contribution >= 0.6 is 0 Å². The summed E-state index contributed by atoms with van der Waals surface area (Å²) >= 11 is 0. The van der Waals surface area contributed by atoms with Crippen LogP contribution < -0.4 is 4.90 Å². The first-order valence-electron chi connectivity index (χ1n) is 20.0. The van der Waals surface area contributed by atoms with Crippen LogP contribution in [0.1, 0.15) is 56.4 Å². The molecule has 10 rings (SSSR count). The van der Waals surface area contributed by atoms with Gasteiger partial charge in [0.2, 0.25) is 0 Å². The molecule has 0 spiro atoms. The van der Waals surface area contributed by atoms with Gasteiger partial charge in [0.05, 0.1) is 17.1 Å². The van der Waals surface area contributed by atoms with E-state index in [1.807, 2.05) is 0 Å². The number of hydrogen-bond donors (Lipinski definition) is 0. The first kappa shape index (κ1) is 32.8. The zero-order chi connectivity index (χ0) is 35.8. The molecule has 1 heterocycles. The molecular formula is C52H46N2. The van der Waals surface area contributed by atoms with E-state index in [-0.39, 0.29) is 0 Å². The van der Waals surface area contributed by atoms with Crippen molar-refractivity contribution in [3.8, 4) is 16.8 Å². The number of para-hydroxylation sites is 2. The molecule has 0 saturated heterocycles. The average molecular weight is 699 g/mol. The summed E-state index contributed by atoms with van der Waals surface area (Å²) in [7, 11) is 0. The van der Waals surface area contributed by atoms with Crippen molar-refractivity contribution in [3.05, 3.63) is 204 Å². The van der Waals surface area contributed by atoms with Crippen LogP contribution in [-0.2, 0) is 0 Å². The van der Waals surface area contributed by atoms with Gasteiger partial charge in [-0.25, -0.2) is 0 Å². The van der Waals surface area contributed by atoms with Crippen LogP contribution in [0.3, 0.4) is 0 Å². The Balaban J connectivity index is 0.938. The van der Waals surface area contributed by atoms with Crippen molar-refractivity contribution in [3.63, 3.8) is 0 Å². The molecule has 4 aliphatic rings. The van der Waals surface area contributed by atoms with E-state index in [1.54, 1.807) is 16.7 Å². The van der Waals surface area contributed by atoms with Gasteiger partial charge in [-0.2, -0.15) is 0 Å². The number of nitrogens with zero attached hydrogens (tertiary/aromatic N) is 2. The van der Waals surface area contributed by atoms with Gasteiger partial charge in [0.1, 0.15) is 0 Å². The second-order valence-corrected chi connectivity index (χ2v) is 15.4.